The Labute approximate surface area is 195 Å². The Balaban J connectivity index is 0.00000320. The molecule has 0 fully saturated rings. The number of guanidine groups is 1. The van der Waals surface area contributed by atoms with Crippen LogP contribution in [0, 0.1) is 20.8 Å². The van der Waals surface area contributed by atoms with E-state index in [2.05, 4.69) is 61.4 Å². The van der Waals surface area contributed by atoms with Gasteiger partial charge in [0.05, 0.1) is 12.2 Å². The molecule has 3 aromatic heterocycles. The van der Waals surface area contributed by atoms with Crippen LogP contribution in [0.15, 0.2) is 41.8 Å². The van der Waals surface area contributed by atoms with E-state index in [4.69, 9.17) is 0 Å². The number of hydrogen-bond donors (Lipinski definition) is 2. The predicted octanol–water partition coefficient (Wildman–Crippen LogP) is 3.15. The van der Waals surface area contributed by atoms with Gasteiger partial charge in [-0.3, -0.25) is 9.25 Å². The van der Waals surface area contributed by atoms with Gasteiger partial charge in [-0.05, 0) is 51.8 Å². The van der Waals surface area contributed by atoms with Gasteiger partial charge < -0.3 is 10.6 Å². The fourth-order valence-corrected chi connectivity index (χ4v) is 3.12. The number of imidazole rings is 1. The average molecular weight is 522 g/mol. The maximum atomic E-state index is 4.67. The molecule has 0 bridgehead atoms. The zero-order chi connectivity index (χ0) is 20.6. The summed E-state index contributed by atoms with van der Waals surface area (Å²) in [5.41, 5.74) is 3.32. The molecule has 0 aromatic carbocycles. The first kappa shape index (κ1) is 23.8. The molecular formula is C21H31IN8. The second-order valence-electron chi connectivity index (χ2n) is 6.99. The number of aromatic nitrogens is 5. The van der Waals surface area contributed by atoms with Crippen molar-refractivity contribution in [2.24, 2.45) is 4.99 Å². The van der Waals surface area contributed by atoms with Gasteiger partial charge in [0, 0.05) is 43.9 Å². The molecule has 0 aliphatic heterocycles. The Hall–Kier alpha value is -2.43. The molecule has 0 aliphatic rings. The minimum absolute atomic E-state index is 0. The topological polar surface area (TPSA) is 85.0 Å². The second-order valence-corrected chi connectivity index (χ2v) is 6.99. The molecule has 0 radical (unpaired) electrons. The number of halogens is 1. The summed E-state index contributed by atoms with van der Waals surface area (Å²) in [4.78, 5) is 13.4. The van der Waals surface area contributed by atoms with Crippen molar-refractivity contribution in [3.63, 3.8) is 0 Å². The quantitative estimate of drug-likeness (QED) is 0.206. The maximum Gasteiger partial charge on any atom is 0.191 e. The van der Waals surface area contributed by atoms with Gasteiger partial charge in [-0.15, -0.1) is 24.0 Å². The van der Waals surface area contributed by atoms with Gasteiger partial charge in [-0.25, -0.2) is 15.0 Å². The lowest BCUT2D eigenvalue weighted by Crippen LogP contribution is -2.38. The third kappa shape index (κ3) is 6.54. The van der Waals surface area contributed by atoms with E-state index in [-0.39, 0.29) is 24.0 Å². The van der Waals surface area contributed by atoms with E-state index < -0.39 is 0 Å². The highest BCUT2D eigenvalue weighted by Gasteiger charge is 2.03. The van der Waals surface area contributed by atoms with Gasteiger partial charge in [0.2, 0.25) is 0 Å². The molecule has 0 saturated carbocycles. The van der Waals surface area contributed by atoms with Crippen LogP contribution in [0.3, 0.4) is 0 Å². The summed E-state index contributed by atoms with van der Waals surface area (Å²) in [5.74, 6) is 2.60. The molecule has 30 heavy (non-hydrogen) atoms. The monoisotopic (exact) mass is 522 g/mol. The Morgan fingerprint density at radius 1 is 1.13 bits per heavy atom. The van der Waals surface area contributed by atoms with Crippen molar-refractivity contribution in [2.45, 2.75) is 47.2 Å². The van der Waals surface area contributed by atoms with Gasteiger partial charge >= 0.3 is 0 Å². The molecule has 2 N–H and O–H groups in total. The summed E-state index contributed by atoms with van der Waals surface area (Å²) in [6.07, 6.45) is 6.53. The number of nitrogens with zero attached hydrogens (tertiary/aromatic N) is 6. The maximum absolute atomic E-state index is 4.67. The molecule has 3 aromatic rings. The molecule has 0 aliphatic carbocycles. The Kier molecular flexibility index (Phi) is 9.28. The number of pyridine rings is 1. The summed E-state index contributed by atoms with van der Waals surface area (Å²) in [6, 6.07) is 6.15. The van der Waals surface area contributed by atoms with Crippen LogP contribution in [0.4, 0.5) is 0 Å². The van der Waals surface area contributed by atoms with E-state index in [1.165, 1.54) is 5.69 Å². The fraction of sp³-hybridized carbons (Fsp3) is 0.429. The highest BCUT2D eigenvalue weighted by molar-refractivity contribution is 14.0. The van der Waals surface area contributed by atoms with E-state index >= 15 is 0 Å². The third-order valence-electron chi connectivity index (χ3n) is 4.59. The lowest BCUT2D eigenvalue weighted by Gasteiger charge is -2.12. The summed E-state index contributed by atoms with van der Waals surface area (Å²) in [6.45, 7) is 11.3. The highest BCUT2D eigenvalue weighted by Crippen LogP contribution is 2.09. The molecule has 0 unspecified atom stereocenters. The van der Waals surface area contributed by atoms with Crippen molar-refractivity contribution < 1.29 is 0 Å². The molecule has 9 heteroatoms. The normalized spacial score (nSPS) is 11.3. The van der Waals surface area contributed by atoms with Crippen LogP contribution in [0.1, 0.15) is 36.1 Å². The van der Waals surface area contributed by atoms with Crippen molar-refractivity contribution in [3.8, 4) is 5.82 Å². The van der Waals surface area contributed by atoms with E-state index in [0.717, 1.165) is 54.9 Å². The van der Waals surface area contributed by atoms with Crippen LogP contribution in [0.25, 0.3) is 5.82 Å². The molecule has 0 saturated heterocycles. The van der Waals surface area contributed by atoms with E-state index in [0.29, 0.717) is 6.54 Å². The summed E-state index contributed by atoms with van der Waals surface area (Å²) in [5, 5.41) is 11.2. The van der Waals surface area contributed by atoms with Crippen molar-refractivity contribution in [3.05, 3.63) is 59.6 Å². The first-order valence-electron chi connectivity index (χ1n) is 10.1. The predicted molar refractivity (Wildman–Crippen MR) is 131 cm³/mol. The molecule has 0 spiro atoms. The summed E-state index contributed by atoms with van der Waals surface area (Å²) < 4.78 is 4.01. The molecule has 3 heterocycles. The highest BCUT2D eigenvalue weighted by atomic mass is 127. The number of hydrogen-bond acceptors (Lipinski definition) is 4. The van der Waals surface area contributed by atoms with Crippen molar-refractivity contribution in [1.29, 1.82) is 0 Å². The largest absolute Gasteiger partial charge is 0.357 e. The van der Waals surface area contributed by atoms with Crippen LogP contribution >= 0.6 is 24.0 Å². The van der Waals surface area contributed by atoms with Gasteiger partial charge in [0.15, 0.2) is 5.96 Å². The minimum Gasteiger partial charge on any atom is -0.357 e. The average Bonchev–Trinajstić information content (AvgIpc) is 3.28. The lowest BCUT2D eigenvalue weighted by atomic mass is 10.3. The fourth-order valence-electron chi connectivity index (χ4n) is 3.12. The minimum atomic E-state index is 0. The Bertz CT molecular complexity index is 942. The van der Waals surface area contributed by atoms with Gasteiger partial charge in [-0.1, -0.05) is 6.07 Å². The van der Waals surface area contributed by atoms with Crippen LogP contribution in [0.5, 0.6) is 0 Å². The Morgan fingerprint density at radius 3 is 2.57 bits per heavy atom. The SMILES string of the molecule is CCNC(=NCc1ccc(-n2ccnc2C)nc1)NCCCn1nc(C)cc1C.I. The first-order valence-corrected chi connectivity index (χ1v) is 10.1. The standard InChI is InChI=1S/C21H30N8.HI/c1-5-22-21(24-9-6-11-29-17(3)13-16(2)27-29)26-15-19-7-8-20(25-14-19)28-12-10-23-18(28)4;/h7-8,10,12-14H,5-6,9,11,15H2,1-4H3,(H2,22,24,26);1H. The number of rotatable bonds is 8. The zero-order valence-electron chi connectivity index (χ0n) is 18.1. The van der Waals surface area contributed by atoms with Gasteiger partial charge in [0.1, 0.15) is 11.6 Å². The van der Waals surface area contributed by atoms with Gasteiger partial charge in [-0.2, -0.15) is 5.10 Å². The van der Waals surface area contributed by atoms with Gasteiger partial charge in [0.25, 0.3) is 0 Å². The Morgan fingerprint density at radius 2 is 1.97 bits per heavy atom. The van der Waals surface area contributed by atoms with E-state index in [1.54, 1.807) is 6.20 Å². The molecule has 162 valence electrons. The van der Waals surface area contributed by atoms with Crippen LogP contribution in [0.2, 0.25) is 0 Å². The van der Waals surface area contributed by atoms with Crippen LogP contribution in [-0.2, 0) is 13.1 Å². The summed E-state index contributed by atoms with van der Waals surface area (Å²) in [7, 11) is 0. The molecule has 3 rings (SSSR count). The van der Waals surface area contributed by atoms with E-state index in [9.17, 15) is 0 Å². The second kappa shape index (κ2) is 11.7. The van der Waals surface area contributed by atoms with Crippen LogP contribution < -0.4 is 10.6 Å². The smallest absolute Gasteiger partial charge is 0.191 e. The van der Waals surface area contributed by atoms with Crippen molar-refractivity contribution in [2.75, 3.05) is 13.1 Å². The zero-order valence-corrected chi connectivity index (χ0v) is 20.4. The van der Waals surface area contributed by atoms with Crippen molar-refractivity contribution in [1.82, 2.24) is 34.9 Å². The number of aryl methyl sites for hydroxylation is 4. The molecule has 0 amide bonds. The molecule has 0 atom stereocenters. The van der Waals surface area contributed by atoms with E-state index in [1.807, 2.05) is 36.9 Å². The first-order chi connectivity index (χ1) is 14.1. The third-order valence-corrected chi connectivity index (χ3v) is 4.59. The molecule has 8 nitrogen and oxygen atoms in total. The van der Waals surface area contributed by atoms with Crippen molar-refractivity contribution >= 4 is 29.9 Å². The van der Waals surface area contributed by atoms with Crippen LogP contribution in [-0.4, -0.2) is 43.4 Å². The lowest BCUT2D eigenvalue weighted by molar-refractivity contribution is 0.555. The number of aliphatic imine (C=N–C) groups is 1. The molecular weight excluding hydrogens is 491 g/mol. The summed E-state index contributed by atoms with van der Waals surface area (Å²) >= 11 is 0. The number of nitrogens with one attached hydrogen (secondary N) is 2.